The molecule has 3 rings (SSSR count). The van der Waals surface area contributed by atoms with Crippen LogP contribution in [-0.2, 0) is 0 Å². The summed E-state index contributed by atoms with van der Waals surface area (Å²) < 4.78 is 0. The molecule has 0 aliphatic carbocycles. The highest BCUT2D eigenvalue weighted by molar-refractivity contribution is 6.17. The predicted molar refractivity (Wildman–Crippen MR) is 76.4 cm³/mol. The number of piperidine rings is 1. The normalized spacial score (nSPS) is 20.5. The van der Waals surface area contributed by atoms with Gasteiger partial charge in [-0.05, 0) is 37.8 Å². The third kappa shape index (κ3) is 2.19. The van der Waals surface area contributed by atoms with Crippen molar-refractivity contribution in [2.24, 2.45) is 0 Å². The molecule has 1 aromatic carbocycles. The lowest BCUT2D eigenvalue weighted by Gasteiger charge is -2.35. The second-order valence-electron chi connectivity index (χ2n) is 4.90. The van der Waals surface area contributed by atoms with Gasteiger partial charge in [-0.1, -0.05) is 12.1 Å². The molecule has 0 bridgehead atoms. The molecule has 1 aliphatic heterocycles. The topological polar surface area (TPSA) is 31.9 Å². The molecule has 0 radical (unpaired) electrons. The van der Waals surface area contributed by atoms with Crippen molar-refractivity contribution in [3.8, 4) is 0 Å². The van der Waals surface area contributed by atoms with Crippen molar-refractivity contribution in [1.29, 1.82) is 0 Å². The van der Waals surface area contributed by atoms with E-state index in [9.17, 15) is 0 Å². The highest BCUT2D eigenvalue weighted by Crippen LogP contribution is 2.26. The van der Waals surface area contributed by atoms with E-state index in [0.717, 1.165) is 35.8 Å². The lowest BCUT2D eigenvalue weighted by molar-refractivity contribution is 0.446. The first-order chi connectivity index (χ1) is 8.88. The van der Waals surface area contributed by atoms with Gasteiger partial charge in [0.15, 0.2) is 0 Å². The molecule has 2 heterocycles. The Balaban J connectivity index is 1.91. The molecule has 2 aromatic rings. The number of aromatic amines is 1. The lowest BCUT2D eigenvalue weighted by Crippen LogP contribution is -2.40. The number of alkyl halides is 1. The highest BCUT2D eigenvalue weighted by atomic mass is 35.5. The van der Waals surface area contributed by atoms with Crippen molar-refractivity contribution < 1.29 is 0 Å². The van der Waals surface area contributed by atoms with Crippen molar-refractivity contribution >= 4 is 28.6 Å². The minimum Gasteiger partial charge on any atom is -0.339 e. The van der Waals surface area contributed by atoms with E-state index in [-0.39, 0.29) is 0 Å². The minimum absolute atomic E-state index is 0.539. The number of halogens is 1. The Bertz CT molecular complexity index is 487. The molecular weight excluding hydrogens is 246 g/mol. The van der Waals surface area contributed by atoms with E-state index in [2.05, 4.69) is 22.0 Å². The van der Waals surface area contributed by atoms with Gasteiger partial charge in [-0.15, -0.1) is 11.6 Å². The van der Waals surface area contributed by atoms with E-state index in [0.29, 0.717) is 6.04 Å². The van der Waals surface area contributed by atoms with Crippen LogP contribution in [0.25, 0.3) is 11.0 Å². The largest absolute Gasteiger partial charge is 0.339 e. The van der Waals surface area contributed by atoms with Gasteiger partial charge in [0.05, 0.1) is 11.0 Å². The van der Waals surface area contributed by atoms with E-state index < -0.39 is 0 Å². The first-order valence-electron chi connectivity index (χ1n) is 6.66. The van der Waals surface area contributed by atoms with Crippen molar-refractivity contribution in [3.63, 3.8) is 0 Å². The number of H-pyrrole nitrogens is 1. The summed E-state index contributed by atoms with van der Waals surface area (Å²) in [6.07, 6.45) is 4.82. The van der Waals surface area contributed by atoms with E-state index in [1.54, 1.807) is 0 Å². The number of nitrogens with one attached hydrogen (secondary N) is 1. The average Bonchev–Trinajstić information content (AvgIpc) is 2.83. The number of benzene rings is 1. The second kappa shape index (κ2) is 5.19. The monoisotopic (exact) mass is 263 g/mol. The third-order valence-corrected chi connectivity index (χ3v) is 3.94. The number of rotatable bonds is 3. The molecule has 1 unspecified atom stereocenters. The van der Waals surface area contributed by atoms with E-state index in [1.165, 1.54) is 19.3 Å². The molecule has 1 aromatic heterocycles. The van der Waals surface area contributed by atoms with Crippen molar-refractivity contribution in [1.82, 2.24) is 9.97 Å². The van der Waals surface area contributed by atoms with Crippen LogP contribution in [0, 0.1) is 0 Å². The summed E-state index contributed by atoms with van der Waals surface area (Å²) in [5, 5.41) is 0. The number of fused-ring (bicyclic) bond motifs is 1. The number of anilines is 1. The second-order valence-corrected chi connectivity index (χ2v) is 5.28. The Labute approximate surface area is 112 Å². The van der Waals surface area contributed by atoms with Crippen LogP contribution in [0.3, 0.4) is 0 Å². The summed E-state index contributed by atoms with van der Waals surface area (Å²) in [7, 11) is 0. The molecule has 1 atom stereocenters. The Morgan fingerprint density at radius 2 is 2.22 bits per heavy atom. The Kier molecular flexibility index (Phi) is 3.41. The van der Waals surface area contributed by atoms with Crippen LogP contribution < -0.4 is 4.90 Å². The van der Waals surface area contributed by atoms with Crippen LogP contribution in [0.5, 0.6) is 0 Å². The third-order valence-electron chi connectivity index (χ3n) is 3.72. The number of nitrogens with zero attached hydrogens (tertiary/aromatic N) is 2. The van der Waals surface area contributed by atoms with Crippen LogP contribution in [-0.4, -0.2) is 28.4 Å². The lowest BCUT2D eigenvalue weighted by atomic mass is 10.0. The fourth-order valence-corrected chi connectivity index (χ4v) is 3.03. The first kappa shape index (κ1) is 11.8. The van der Waals surface area contributed by atoms with Gasteiger partial charge in [0, 0.05) is 18.5 Å². The summed E-state index contributed by atoms with van der Waals surface area (Å²) in [6, 6.07) is 8.73. The Morgan fingerprint density at radius 3 is 3.06 bits per heavy atom. The standard InChI is InChI=1S/C14H18ClN3/c15-9-8-11-5-3-4-10-18(11)14-16-12-6-1-2-7-13(12)17-14/h1-2,6-7,11H,3-5,8-10H2,(H,16,17). The molecule has 0 spiro atoms. The average molecular weight is 264 g/mol. The zero-order chi connectivity index (χ0) is 12.4. The van der Waals surface area contributed by atoms with Crippen LogP contribution in [0.4, 0.5) is 5.95 Å². The molecule has 18 heavy (non-hydrogen) atoms. The molecule has 4 heteroatoms. The van der Waals surface area contributed by atoms with Crippen molar-refractivity contribution in [2.45, 2.75) is 31.7 Å². The van der Waals surface area contributed by atoms with Gasteiger partial charge < -0.3 is 9.88 Å². The maximum absolute atomic E-state index is 5.91. The van der Waals surface area contributed by atoms with Crippen molar-refractivity contribution in [3.05, 3.63) is 24.3 Å². The summed E-state index contributed by atoms with van der Waals surface area (Å²) >= 11 is 5.91. The molecule has 96 valence electrons. The fourth-order valence-electron chi connectivity index (χ4n) is 2.78. The van der Waals surface area contributed by atoms with Gasteiger partial charge in [0.1, 0.15) is 0 Å². The van der Waals surface area contributed by atoms with Gasteiger partial charge in [-0.25, -0.2) is 4.98 Å². The Morgan fingerprint density at radius 1 is 1.33 bits per heavy atom. The number of hydrogen-bond donors (Lipinski definition) is 1. The summed E-state index contributed by atoms with van der Waals surface area (Å²) in [6.45, 7) is 1.08. The van der Waals surface area contributed by atoms with E-state index in [4.69, 9.17) is 16.6 Å². The smallest absolute Gasteiger partial charge is 0.204 e. The highest BCUT2D eigenvalue weighted by Gasteiger charge is 2.24. The first-order valence-corrected chi connectivity index (χ1v) is 7.19. The summed E-state index contributed by atoms with van der Waals surface area (Å²) in [4.78, 5) is 10.5. The number of hydrogen-bond acceptors (Lipinski definition) is 2. The number of aromatic nitrogens is 2. The van der Waals surface area contributed by atoms with Gasteiger partial charge in [-0.2, -0.15) is 0 Å². The zero-order valence-electron chi connectivity index (χ0n) is 10.4. The van der Waals surface area contributed by atoms with Crippen LogP contribution in [0.15, 0.2) is 24.3 Å². The fraction of sp³-hybridized carbons (Fsp3) is 0.500. The molecule has 0 amide bonds. The summed E-state index contributed by atoms with van der Waals surface area (Å²) in [5.41, 5.74) is 2.16. The Hall–Kier alpha value is -1.22. The minimum atomic E-state index is 0.539. The van der Waals surface area contributed by atoms with Gasteiger partial charge >= 0.3 is 0 Å². The maximum Gasteiger partial charge on any atom is 0.204 e. The molecule has 0 saturated carbocycles. The molecule has 1 fully saturated rings. The van der Waals surface area contributed by atoms with Crippen LogP contribution in [0.2, 0.25) is 0 Å². The summed E-state index contributed by atoms with van der Waals surface area (Å²) in [5.74, 6) is 1.73. The molecular formula is C14H18ClN3. The zero-order valence-corrected chi connectivity index (χ0v) is 11.2. The molecule has 3 nitrogen and oxygen atoms in total. The maximum atomic E-state index is 5.91. The van der Waals surface area contributed by atoms with Gasteiger partial charge in [0.2, 0.25) is 5.95 Å². The number of para-hydroxylation sites is 2. The molecule has 1 aliphatic rings. The molecule has 1 N–H and O–H groups in total. The van der Waals surface area contributed by atoms with Crippen LogP contribution >= 0.6 is 11.6 Å². The quantitative estimate of drug-likeness (QED) is 0.859. The van der Waals surface area contributed by atoms with E-state index in [1.807, 2.05) is 12.1 Å². The van der Waals surface area contributed by atoms with Crippen LogP contribution in [0.1, 0.15) is 25.7 Å². The van der Waals surface area contributed by atoms with Gasteiger partial charge in [-0.3, -0.25) is 0 Å². The SMILES string of the molecule is ClCCC1CCCCN1c1nc2ccccc2[nH]1. The molecule has 1 saturated heterocycles. The van der Waals surface area contributed by atoms with E-state index >= 15 is 0 Å². The van der Waals surface area contributed by atoms with Crippen molar-refractivity contribution in [2.75, 3.05) is 17.3 Å². The van der Waals surface area contributed by atoms with Gasteiger partial charge in [0.25, 0.3) is 0 Å². The predicted octanol–water partition coefficient (Wildman–Crippen LogP) is 3.55. The number of imidazole rings is 1.